The van der Waals surface area contributed by atoms with Crippen LogP contribution in [0.3, 0.4) is 0 Å². The van der Waals surface area contributed by atoms with Gasteiger partial charge >= 0.3 is 0 Å². The number of para-hydroxylation sites is 2. The minimum atomic E-state index is 0.0920. The molecule has 51 heavy (non-hydrogen) atoms. The van der Waals surface area contributed by atoms with E-state index in [1.165, 1.54) is 84.0 Å². The highest BCUT2D eigenvalue weighted by Gasteiger charge is 2.38. The molecule has 0 fully saturated rings. The lowest BCUT2D eigenvalue weighted by Crippen LogP contribution is -2.33. The summed E-state index contributed by atoms with van der Waals surface area (Å²) in [6.45, 7) is 9.72. The zero-order valence-electron chi connectivity index (χ0n) is 29.4. The molecule has 3 heterocycles. The first-order chi connectivity index (χ1) is 24.8. The van der Waals surface area contributed by atoms with Crippen LogP contribution in [-0.2, 0) is 10.8 Å². The van der Waals surface area contributed by atoms with Crippen LogP contribution in [0.2, 0.25) is 0 Å². The van der Waals surface area contributed by atoms with Gasteiger partial charge in [0.05, 0.1) is 22.1 Å². The van der Waals surface area contributed by atoms with Gasteiger partial charge in [0.1, 0.15) is 11.2 Å². The number of hydrogen-bond acceptors (Lipinski definition) is 1. The largest absolute Gasteiger partial charge is 0.456 e. The van der Waals surface area contributed by atoms with E-state index >= 15 is 0 Å². The summed E-state index contributed by atoms with van der Waals surface area (Å²) in [6, 6.07) is 49.4. The standard InChI is InChI=1S/C48H38N2O/c1-47(2)22-23-48(3,4)39-27-41-35(26-38(39)47)34-25-37-43(28-42(34)50(41)31-19-21-45-36(24-31)33-16-10-11-17-44(33)51-45)49(30-13-6-5-7-14-30)40-20-18-29-12-8-9-15-32(29)46(37)40/h5-21,24-28H,22-23H2,1-4H3. The molecule has 0 saturated heterocycles. The molecule has 3 nitrogen and oxygen atoms in total. The second-order valence-corrected chi connectivity index (χ2v) is 16.0. The van der Waals surface area contributed by atoms with Crippen molar-refractivity contribution in [1.29, 1.82) is 0 Å². The molecule has 246 valence electrons. The van der Waals surface area contributed by atoms with E-state index in [1.807, 2.05) is 6.07 Å². The van der Waals surface area contributed by atoms with Crippen LogP contribution in [0, 0.1) is 0 Å². The van der Waals surface area contributed by atoms with E-state index in [0.717, 1.165) is 27.6 Å². The summed E-state index contributed by atoms with van der Waals surface area (Å²) in [5.74, 6) is 0. The lowest BCUT2D eigenvalue weighted by Gasteiger charge is -2.42. The summed E-state index contributed by atoms with van der Waals surface area (Å²) in [5, 5.41) is 10.0. The van der Waals surface area contributed by atoms with Gasteiger partial charge in [-0.05, 0) is 112 Å². The number of furan rings is 1. The number of nitrogens with zero attached hydrogens (tertiary/aromatic N) is 2. The van der Waals surface area contributed by atoms with E-state index in [1.54, 1.807) is 0 Å². The van der Waals surface area contributed by atoms with Gasteiger partial charge in [0.15, 0.2) is 0 Å². The number of aromatic nitrogens is 2. The predicted molar refractivity (Wildman–Crippen MR) is 215 cm³/mol. The molecule has 7 aromatic carbocycles. The van der Waals surface area contributed by atoms with Gasteiger partial charge in [0, 0.05) is 43.7 Å². The molecular formula is C48H38N2O. The summed E-state index contributed by atoms with van der Waals surface area (Å²) < 4.78 is 11.3. The lowest BCUT2D eigenvalue weighted by molar-refractivity contribution is 0.332. The highest BCUT2D eigenvalue weighted by molar-refractivity contribution is 6.25. The fourth-order valence-corrected chi connectivity index (χ4v) is 9.34. The molecule has 0 aliphatic heterocycles. The molecule has 0 amide bonds. The molecule has 0 spiro atoms. The normalized spacial score (nSPS) is 15.6. The first kappa shape index (κ1) is 29.0. The maximum Gasteiger partial charge on any atom is 0.135 e. The van der Waals surface area contributed by atoms with Crippen molar-refractivity contribution >= 4 is 76.3 Å². The average molecular weight is 659 g/mol. The van der Waals surface area contributed by atoms with Gasteiger partial charge in [0.25, 0.3) is 0 Å². The second kappa shape index (κ2) is 9.92. The Labute approximate surface area is 296 Å². The first-order valence-electron chi connectivity index (χ1n) is 18.2. The van der Waals surface area contributed by atoms with E-state index in [-0.39, 0.29) is 10.8 Å². The highest BCUT2D eigenvalue weighted by atomic mass is 16.3. The van der Waals surface area contributed by atoms with Gasteiger partial charge < -0.3 is 13.6 Å². The van der Waals surface area contributed by atoms with Crippen LogP contribution in [0.5, 0.6) is 0 Å². The molecule has 0 radical (unpaired) electrons. The Kier molecular flexibility index (Phi) is 5.64. The summed E-state index contributed by atoms with van der Waals surface area (Å²) in [4.78, 5) is 0. The minimum Gasteiger partial charge on any atom is -0.456 e. The third-order valence-corrected chi connectivity index (χ3v) is 12.1. The second-order valence-electron chi connectivity index (χ2n) is 16.0. The Morgan fingerprint density at radius 2 is 1.06 bits per heavy atom. The van der Waals surface area contributed by atoms with Crippen molar-refractivity contribution in [2.24, 2.45) is 0 Å². The molecule has 1 aliphatic rings. The van der Waals surface area contributed by atoms with E-state index < -0.39 is 0 Å². The van der Waals surface area contributed by atoms with E-state index in [4.69, 9.17) is 4.42 Å². The quantitative estimate of drug-likeness (QED) is 0.181. The number of hydrogen-bond donors (Lipinski definition) is 0. The molecule has 3 heteroatoms. The summed E-state index contributed by atoms with van der Waals surface area (Å²) in [5.41, 5.74) is 12.2. The van der Waals surface area contributed by atoms with Crippen LogP contribution in [0.15, 0.2) is 138 Å². The van der Waals surface area contributed by atoms with Crippen LogP contribution in [0.1, 0.15) is 51.7 Å². The Balaban J connectivity index is 1.34. The van der Waals surface area contributed by atoms with Crippen molar-refractivity contribution in [3.8, 4) is 11.4 Å². The number of benzene rings is 7. The zero-order valence-corrected chi connectivity index (χ0v) is 29.4. The van der Waals surface area contributed by atoms with Crippen molar-refractivity contribution < 1.29 is 4.42 Å². The van der Waals surface area contributed by atoms with Gasteiger partial charge in [-0.3, -0.25) is 0 Å². The smallest absolute Gasteiger partial charge is 0.135 e. The predicted octanol–water partition coefficient (Wildman–Crippen LogP) is 13.3. The maximum atomic E-state index is 6.30. The fraction of sp³-hybridized carbons (Fsp3) is 0.167. The van der Waals surface area contributed by atoms with Crippen LogP contribution < -0.4 is 0 Å². The fourth-order valence-electron chi connectivity index (χ4n) is 9.34. The zero-order chi connectivity index (χ0) is 34.2. The molecular weight excluding hydrogens is 621 g/mol. The molecule has 11 rings (SSSR count). The average Bonchev–Trinajstić information content (AvgIpc) is 3.79. The molecule has 10 aromatic rings. The maximum absolute atomic E-state index is 6.30. The third kappa shape index (κ3) is 3.95. The van der Waals surface area contributed by atoms with E-state index in [9.17, 15) is 0 Å². The first-order valence-corrected chi connectivity index (χ1v) is 18.2. The van der Waals surface area contributed by atoms with Crippen molar-refractivity contribution in [3.63, 3.8) is 0 Å². The Hall–Kier alpha value is -5.80. The van der Waals surface area contributed by atoms with E-state index in [0.29, 0.717) is 0 Å². The Morgan fingerprint density at radius 3 is 1.88 bits per heavy atom. The topological polar surface area (TPSA) is 23.0 Å². The molecule has 0 unspecified atom stereocenters. The summed E-state index contributed by atoms with van der Waals surface area (Å²) in [6.07, 6.45) is 2.36. The van der Waals surface area contributed by atoms with Crippen molar-refractivity contribution in [2.45, 2.75) is 51.4 Å². The van der Waals surface area contributed by atoms with Gasteiger partial charge in [0.2, 0.25) is 0 Å². The van der Waals surface area contributed by atoms with Gasteiger partial charge in [-0.1, -0.05) is 94.4 Å². The highest BCUT2D eigenvalue weighted by Crippen LogP contribution is 2.50. The van der Waals surface area contributed by atoms with Gasteiger partial charge in [-0.15, -0.1) is 0 Å². The van der Waals surface area contributed by atoms with Crippen molar-refractivity contribution in [1.82, 2.24) is 9.13 Å². The minimum absolute atomic E-state index is 0.0920. The summed E-state index contributed by atoms with van der Waals surface area (Å²) in [7, 11) is 0. The van der Waals surface area contributed by atoms with Gasteiger partial charge in [-0.25, -0.2) is 0 Å². The molecule has 0 atom stereocenters. The molecule has 0 saturated carbocycles. The number of fused-ring (bicyclic) bond motifs is 12. The lowest BCUT2D eigenvalue weighted by atomic mass is 9.63. The van der Waals surface area contributed by atoms with Crippen molar-refractivity contribution in [3.05, 3.63) is 145 Å². The Bertz CT molecular complexity index is 3080. The molecule has 0 N–H and O–H groups in total. The molecule has 3 aromatic heterocycles. The van der Waals surface area contributed by atoms with Crippen LogP contribution in [0.4, 0.5) is 0 Å². The monoisotopic (exact) mass is 658 g/mol. The SMILES string of the molecule is CC1(C)CCC(C)(C)c2cc3c(cc21)c1cc2c4c5ccccc5ccc4n(-c4ccccc4)c2cc1n3-c1ccc2oc3ccccc3c2c1. The van der Waals surface area contributed by atoms with Crippen molar-refractivity contribution in [2.75, 3.05) is 0 Å². The molecule has 1 aliphatic carbocycles. The van der Waals surface area contributed by atoms with Crippen LogP contribution >= 0.6 is 0 Å². The third-order valence-electron chi connectivity index (χ3n) is 12.1. The van der Waals surface area contributed by atoms with Crippen LogP contribution in [0.25, 0.3) is 87.7 Å². The van der Waals surface area contributed by atoms with E-state index in [2.05, 4.69) is 164 Å². The van der Waals surface area contributed by atoms with Gasteiger partial charge in [-0.2, -0.15) is 0 Å². The van der Waals surface area contributed by atoms with Crippen LogP contribution in [-0.4, -0.2) is 9.13 Å². The number of rotatable bonds is 2. The molecule has 0 bridgehead atoms. The summed E-state index contributed by atoms with van der Waals surface area (Å²) >= 11 is 0. The Morgan fingerprint density at radius 1 is 0.431 bits per heavy atom.